The molecule has 14 aromatic rings. The molecule has 2 amide bonds. The molecule has 0 aliphatic heterocycles. The van der Waals surface area contributed by atoms with Crippen LogP contribution in [0.5, 0.6) is 0 Å². The SMILES string of the molecule is O=C(N[C@@H]1CCC[C@@H]1C(=O)NO)c1ccc(-c2ccccc2C(F)(F)F)cc1.[Pd].c1ccc(P(c2ccccc2)c2ccccc2)cc1.c1ccc(P(c2ccccc2)c2ccccc2)cc1.c1ccc(P(c2ccccc2)c2ccccc2)cc1.c1ccc(P(c2ccccc2)c2ccccc2)cc1. The number of rotatable bonds is 16. The van der Waals surface area contributed by atoms with Crippen molar-refractivity contribution in [1.29, 1.82) is 0 Å². The zero-order valence-electron chi connectivity index (χ0n) is 57.5. The Hall–Kier alpha value is -9.85. The Kier molecular flexibility index (Phi) is 30.4. The molecule has 3 N–H and O–H groups in total. The maximum Gasteiger partial charge on any atom is 0.417 e. The molecule has 0 aromatic heterocycles. The Balaban J connectivity index is 0.000000142. The van der Waals surface area contributed by atoms with E-state index in [1.165, 1.54) is 106 Å². The fourth-order valence-electron chi connectivity index (χ4n) is 12.3. The van der Waals surface area contributed by atoms with Gasteiger partial charge in [-0.15, -0.1) is 0 Å². The Morgan fingerprint density at radius 2 is 0.524 bits per heavy atom. The number of nitrogens with one attached hydrogen (secondary N) is 2. The van der Waals surface area contributed by atoms with E-state index in [1.807, 2.05) is 0 Å². The number of hydrogen-bond donors (Lipinski definition) is 3. The van der Waals surface area contributed by atoms with Crippen LogP contribution in [-0.4, -0.2) is 23.1 Å². The predicted molar refractivity (Wildman–Crippen MR) is 436 cm³/mol. The van der Waals surface area contributed by atoms with Crippen LogP contribution in [0.25, 0.3) is 11.1 Å². The van der Waals surface area contributed by atoms with Gasteiger partial charge in [0.1, 0.15) is 0 Å². The number of carbonyl (C=O) groups is 2. The minimum absolute atomic E-state index is 0. The van der Waals surface area contributed by atoms with Gasteiger partial charge in [0, 0.05) is 32.0 Å². The van der Waals surface area contributed by atoms with Gasteiger partial charge in [-0.2, -0.15) is 13.2 Å². The summed E-state index contributed by atoms with van der Waals surface area (Å²) in [4.78, 5) is 24.1. The van der Waals surface area contributed by atoms with E-state index in [-0.39, 0.29) is 31.5 Å². The van der Waals surface area contributed by atoms with Gasteiger partial charge in [-0.3, -0.25) is 14.8 Å². The van der Waals surface area contributed by atoms with Crippen LogP contribution in [-0.2, 0) is 31.4 Å². The summed E-state index contributed by atoms with van der Waals surface area (Å²) in [5.74, 6) is -1.47. The number of amides is 2. The van der Waals surface area contributed by atoms with Crippen LogP contribution in [0, 0.1) is 5.92 Å². The van der Waals surface area contributed by atoms with Gasteiger partial charge in [-0.1, -0.05) is 401 Å². The summed E-state index contributed by atoms with van der Waals surface area (Å²) in [6, 6.07) is 140. The average molecular weight is 1550 g/mol. The molecule has 14 aromatic carbocycles. The van der Waals surface area contributed by atoms with E-state index < -0.39 is 67.2 Å². The van der Waals surface area contributed by atoms with Crippen molar-refractivity contribution in [1.82, 2.24) is 10.8 Å². The summed E-state index contributed by atoms with van der Waals surface area (Å²) in [5.41, 5.74) is 1.54. The normalized spacial score (nSPS) is 12.8. The van der Waals surface area contributed by atoms with Crippen molar-refractivity contribution >= 4 is 107 Å². The largest absolute Gasteiger partial charge is 0.417 e. The second-order valence-electron chi connectivity index (χ2n) is 24.1. The quantitative estimate of drug-likeness (QED) is 0.0390. The van der Waals surface area contributed by atoms with Crippen molar-refractivity contribution in [3.8, 4) is 11.1 Å². The van der Waals surface area contributed by atoms with Gasteiger partial charge >= 0.3 is 6.18 Å². The number of halogens is 3. The molecule has 1 saturated carbocycles. The van der Waals surface area contributed by atoms with Gasteiger partial charge in [-0.05, 0) is 138 Å². The summed E-state index contributed by atoms with van der Waals surface area (Å²) in [5, 5.41) is 28.3. The van der Waals surface area contributed by atoms with Crippen molar-refractivity contribution in [3.63, 3.8) is 0 Å². The van der Waals surface area contributed by atoms with Crippen molar-refractivity contribution in [2.45, 2.75) is 31.5 Å². The third kappa shape index (κ3) is 22.3. The van der Waals surface area contributed by atoms with Crippen LogP contribution in [0.15, 0.2) is 413 Å². The second kappa shape index (κ2) is 41.0. The molecule has 1 aliphatic carbocycles. The smallest absolute Gasteiger partial charge is 0.349 e. The minimum Gasteiger partial charge on any atom is -0.349 e. The van der Waals surface area contributed by atoms with E-state index in [4.69, 9.17) is 5.21 Å². The van der Waals surface area contributed by atoms with Gasteiger partial charge in [0.2, 0.25) is 5.91 Å². The maximum absolute atomic E-state index is 13.2. The maximum atomic E-state index is 13.2. The van der Waals surface area contributed by atoms with Crippen LogP contribution in [0.3, 0.4) is 0 Å². The number of benzene rings is 14. The number of hydroxylamine groups is 1. The van der Waals surface area contributed by atoms with Crippen LogP contribution in [0.4, 0.5) is 13.2 Å². The van der Waals surface area contributed by atoms with E-state index in [0.717, 1.165) is 12.5 Å². The van der Waals surface area contributed by atoms with Crippen LogP contribution < -0.4 is 74.5 Å². The van der Waals surface area contributed by atoms with Gasteiger partial charge in [-0.25, -0.2) is 5.48 Å². The molecular weight excluding hydrogens is 1470 g/mol. The molecule has 0 unspecified atom stereocenters. The molecule has 0 radical (unpaired) electrons. The first-order valence-electron chi connectivity index (χ1n) is 34.4. The molecule has 0 heterocycles. The summed E-state index contributed by atoms with van der Waals surface area (Å²) in [7, 11) is -1.78. The van der Waals surface area contributed by atoms with Crippen molar-refractivity contribution in [2.24, 2.45) is 5.92 Å². The molecule has 0 bridgehead atoms. The Labute approximate surface area is 634 Å². The first-order chi connectivity index (χ1) is 51.1. The molecule has 1 fully saturated rings. The molecule has 0 saturated heterocycles. The molecular formula is C92H79F3N2O3P4Pd. The van der Waals surface area contributed by atoms with Gasteiger partial charge in [0.05, 0.1) is 11.5 Å². The van der Waals surface area contributed by atoms with E-state index in [9.17, 15) is 22.8 Å². The topological polar surface area (TPSA) is 78.4 Å². The molecule has 13 heteroatoms. The van der Waals surface area contributed by atoms with Gasteiger partial charge < -0.3 is 5.32 Å². The fourth-order valence-corrected chi connectivity index (χ4v) is 21.5. The third-order valence-electron chi connectivity index (χ3n) is 17.1. The molecule has 0 spiro atoms. The van der Waals surface area contributed by atoms with Crippen LogP contribution in [0.1, 0.15) is 35.2 Å². The van der Waals surface area contributed by atoms with E-state index >= 15 is 0 Å². The first-order valence-corrected chi connectivity index (χ1v) is 39.8. The Bertz CT molecular complexity index is 3950. The first kappa shape index (κ1) is 77.8. The summed E-state index contributed by atoms with van der Waals surface area (Å²) >= 11 is 0. The summed E-state index contributed by atoms with van der Waals surface area (Å²) in [6.45, 7) is 0. The van der Waals surface area contributed by atoms with E-state index in [2.05, 4.69) is 369 Å². The standard InChI is InChI=1S/C20H19F3N2O3.4C18H15P.Pd/c21-20(22,23)16-6-2-1-4-14(16)12-8-10-13(11-9-12)18(26)24-17-7-3-5-15(17)19(27)25-28;4*1-4-10-16(11-5-1)19(17-12-6-2-7-13-17)18-14-8-3-9-15-18;/h1-2,4,6,8-11,15,17,28H,3,5,7H2,(H,24,26)(H,25,27);4*1-15H;/t15-,17+;;;;;/m0...../s1. The second-order valence-corrected chi connectivity index (χ2v) is 33.0. The zero-order chi connectivity index (χ0) is 72.0. The fraction of sp³-hybridized carbons (Fsp3) is 0.0652. The molecule has 1 aliphatic rings. The number of carbonyl (C=O) groups excluding carboxylic acids is 2. The molecule has 15 rings (SSSR count). The van der Waals surface area contributed by atoms with Crippen LogP contribution in [0.2, 0.25) is 0 Å². The van der Waals surface area contributed by atoms with E-state index in [0.29, 0.717) is 18.4 Å². The number of hydrogen-bond acceptors (Lipinski definition) is 3. The summed E-state index contributed by atoms with van der Waals surface area (Å²) in [6.07, 6.45) is -2.56. The molecule has 105 heavy (non-hydrogen) atoms. The minimum atomic E-state index is -4.47. The molecule has 526 valence electrons. The monoisotopic (exact) mass is 1550 g/mol. The third-order valence-corrected chi connectivity index (χ3v) is 26.9. The van der Waals surface area contributed by atoms with Gasteiger partial charge in [0.15, 0.2) is 0 Å². The summed E-state index contributed by atoms with van der Waals surface area (Å²) < 4.78 is 39.6. The zero-order valence-corrected chi connectivity index (χ0v) is 62.7. The van der Waals surface area contributed by atoms with Crippen molar-refractivity contribution < 1.29 is 48.4 Å². The Morgan fingerprint density at radius 3 is 0.743 bits per heavy atom. The molecule has 5 nitrogen and oxygen atoms in total. The predicted octanol–water partition coefficient (Wildman–Crippen LogP) is 17.6. The van der Waals surface area contributed by atoms with Gasteiger partial charge in [0.25, 0.3) is 5.91 Å². The average Bonchev–Trinajstić information content (AvgIpc) is 1.53. The number of alkyl halides is 3. The van der Waals surface area contributed by atoms with E-state index in [1.54, 1.807) is 5.48 Å². The van der Waals surface area contributed by atoms with Crippen LogP contribution >= 0.6 is 31.7 Å². The van der Waals surface area contributed by atoms with Crippen molar-refractivity contribution in [2.75, 3.05) is 0 Å². The Morgan fingerprint density at radius 1 is 0.305 bits per heavy atom. The molecule has 2 atom stereocenters. The van der Waals surface area contributed by atoms with Crippen molar-refractivity contribution in [3.05, 3.63) is 424 Å².